The van der Waals surface area contributed by atoms with Crippen molar-refractivity contribution in [2.75, 3.05) is 19.8 Å². The third-order valence-corrected chi connectivity index (χ3v) is 18.9. The van der Waals surface area contributed by atoms with Crippen LogP contribution in [-0.2, 0) is 106 Å². The number of phenols is 5. The Labute approximate surface area is 714 Å². The van der Waals surface area contributed by atoms with Crippen molar-refractivity contribution in [1.29, 1.82) is 0 Å². The van der Waals surface area contributed by atoms with Crippen LogP contribution in [0.3, 0.4) is 0 Å². The standard InChI is InChI=1S/C28H27NO6.C25H23NO6.C15H21NO6.C14H19NO5.C10H13NO4/c1-2-13-34-27(32)25(15-18-11-12-26(31)19(14-18)16-30)29-28(33)35-17-24-22-9-5-3-7-20(22)21-8-4-6-10-23(21)24;27-13-16-11-15(9-10-23(16)28)12-22(24(29)30)26-25(31)32-14-21-19-7-3-1-5-17(19)18-6-2-4-8-20(18)21;1-15(2,3)22-14(21)16-11(13(19)20)7-9-4-5-12(18)10(6-9)8-17;1-14(2,3)20-13(19)15-11(12(17)18)8-9-4-6-10(16)7-5-9;11-8(10(14)15)4-6-1-2-9(13)7(3-6)5-12/h2-12,14,24-25,30-31H,1,13,15-17H2,(H,29,33);1-11,21-22,27-28H,12-14H2,(H,26,31)(H,29,30);4-6,11,17-18H,7-8H2,1-3H3,(H,16,21)(H,19,20);4-7,11,16H,8H2,1-3H3,(H,15,19)(H,17,18);1-3,8,12-13H,4-5,11H2,(H,14,15)/t25-;22-;2*11-;8-/m00000/s1. The lowest BCUT2D eigenvalue weighted by molar-refractivity contribution is -0.437. The Morgan fingerprint density at radius 2 is 0.669 bits per heavy atom. The van der Waals surface area contributed by atoms with Crippen molar-refractivity contribution in [3.05, 3.63) is 279 Å². The molecule has 2 aliphatic rings. The second-order valence-electron chi connectivity index (χ2n) is 30.6. The molecular weight excluding hydrogens is 1610 g/mol. The number of aliphatic hydroxyl groups excluding tert-OH is 4. The van der Waals surface area contributed by atoms with Crippen LogP contribution < -0.4 is 32.1 Å². The van der Waals surface area contributed by atoms with Crippen LogP contribution in [0, 0.1) is 0 Å². The van der Waals surface area contributed by atoms with Crippen LogP contribution >= 0.6 is 0 Å². The number of carbonyl (C=O) groups is 9. The maximum atomic E-state index is 12.7. The first-order valence-electron chi connectivity index (χ1n) is 39.0. The number of ether oxygens (including phenoxy) is 5. The largest absolute Gasteiger partial charge is 0.544 e. The van der Waals surface area contributed by atoms with Crippen LogP contribution in [0.1, 0.15) is 126 Å². The molecule has 0 heterocycles. The van der Waals surface area contributed by atoms with E-state index in [1.807, 2.05) is 84.9 Å². The van der Waals surface area contributed by atoms with Gasteiger partial charge in [-0.15, -0.1) is 0 Å². The number of phenolic OH excluding ortho intramolecular Hbond substituents is 1. The number of aliphatic hydroxyl groups is 4. The summed E-state index contributed by atoms with van der Waals surface area (Å²) in [5, 5.41) is 132. The number of rotatable bonds is 29. The summed E-state index contributed by atoms with van der Waals surface area (Å²) in [6.45, 7) is 12.5. The smallest absolute Gasteiger partial charge is 0.408 e. The Kier molecular flexibility index (Phi) is 36.1. The van der Waals surface area contributed by atoms with Gasteiger partial charge in [0.25, 0.3) is 0 Å². The molecule has 0 radical (unpaired) electrons. The average Bonchev–Trinajstić information content (AvgIpc) is 1.62. The fourth-order valence-electron chi connectivity index (χ4n) is 13.0. The first-order valence-corrected chi connectivity index (χ1v) is 39.0. The average molecular weight is 1710 g/mol. The molecule has 0 bridgehead atoms. The molecule has 32 nitrogen and oxygen atoms in total. The van der Waals surface area contributed by atoms with E-state index >= 15 is 0 Å². The number of esters is 1. The van der Waals surface area contributed by atoms with Crippen LogP contribution in [0.2, 0.25) is 0 Å². The van der Waals surface area contributed by atoms with Gasteiger partial charge in [0.1, 0.15) is 90.0 Å². The summed E-state index contributed by atoms with van der Waals surface area (Å²) < 4.78 is 26.2. The number of carboxylic acid groups (broad SMARTS) is 4. The van der Waals surface area contributed by atoms with E-state index in [0.717, 1.165) is 44.5 Å². The van der Waals surface area contributed by atoms with Gasteiger partial charge >= 0.3 is 48.3 Å². The van der Waals surface area contributed by atoms with Crippen molar-refractivity contribution in [3.8, 4) is 51.0 Å². The highest BCUT2D eigenvalue weighted by Gasteiger charge is 2.34. The highest BCUT2D eigenvalue weighted by atomic mass is 16.6. The van der Waals surface area contributed by atoms with Gasteiger partial charge in [-0.05, 0) is 175 Å². The summed E-state index contributed by atoms with van der Waals surface area (Å²) in [5.41, 5.74) is 15.2. The Balaban J connectivity index is 0.000000220. The van der Waals surface area contributed by atoms with E-state index in [1.165, 1.54) is 60.7 Å². The van der Waals surface area contributed by atoms with E-state index in [4.69, 9.17) is 44.1 Å². The Hall–Kier alpha value is -14.1. The monoisotopic (exact) mass is 1710 g/mol. The third-order valence-electron chi connectivity index (χ3n) is 18.9. The molecule has 0 fully saturated rings. The molecule has 0 aromatic heterocycles. The molecule has 2 aliphatic carbocycles. The summed E-state index contributed by atoms with van der Waals surface area (Å²) >= 11 is 0. The minimum absolute atomic E-state index is 0.000822. The summed E-state index contributed by atoms with van der Waals surface area (Å²) in [4.78, 5) is 106. The van der Waals surface area contributed by atoms with E-state index in [0.29, 0.717) is 44.5 Å². The number of quaternary nitrogens is 1. The van der Waals surface area contributed by atoms with Gasteiger partial charge in [-0.1, -0.05) is 146 Å². The predicted molar refractivity (Wildman–Crippen MR) is 449 cm³/mol. The Morgan fingerprint density at radius 3 is 0.960 bits per heavy atom. The quantitative estimate of drug-likeness (QED) is 0.0118. The number of nitrogens with one attached hydrogen (secondary N) is 4. The number of fused-ring (bicyclic) bond motifs is 6. The second-order valence-corrected chi connectivity index (χ2v) is 30.6. The zero-order valence-corrected chi connectivity index (χ0v) is 69.0. The minimum Gasteiger partial charge on any atom is -0.544 e. The lowest BCUT2D eigenvalue weighted by Crippen LogP contribution is -2.69. The number of carbonyl (C=O) groups excluding carboxylic acids is 6. The topological polar surface area (TPSA) is 541 Å². The molecule has 11 rings (SSSR count). The number of carboxylic acids is 4. The molecule has 0 spiro atoms. The lowest BCUT2D eigenvalue weighted by Gasteiger charge is -2.22. The van der Waals surface area contributed by atoms with E-state index in [2.05, 4.69) is 45.7 Å². The Bertz CT molecular complexity index is 5110. The molecule has 9 aromatic carbocycles. The van der Waals surface area contributed by atoms with E-state index in [1.54, 1.807) is 84.0 Å². The van der Waals surface area contributed by atoms with Gasteiger partial charge in [0, 0.05) is 66.2 Å². The summed E-state index contributed by atoms with van der Waals surface area (Å²) in [5.74, 6) is -5.76. The number of alkyl carbamates (subject to hydrolysis) is 4. The van der Waals surface area contributed by atoms with E-state index in [-0.39, 0.29) is 124 Å². The highest BCUT2D eigenvalue weighted by molar-refractivity contribution is 5.85. The fraction of sp³-hybridized carbons (Fsp3) is 0.293. The molecule has 124 heavy (non-hydrogen) atoms. The van der Waals surface area contributed by atoms with Crippen LogP contribution in [-0.4, -0.2) is 177 Å². The zero-order chi connectivity index (χ0) is 91.1. The van der Waals surface area contributed by atoms with Gasteiger partial charge < -0.3 is 122 Å². The van der Waals surface area contributed by atoms with Crippen molar-refractivity contribution in [3.63, 3.8) is 0 Å². The molecule has 658 valence electrons. The maximum absolute atomic E-state index is 12.7. The van der Waals surface area contributed by atoms with Gasteiger partial charge in [0.15, 0.2) is 0 Å². The summed E-state index contributed by atoms with van der Waals surface area (Å²) in [6, 6.07) is 50.7. The zero-order valence-electron chi connectivity index (χ0n) is 69.0. The SMILES string of the molecule is C=CCOC(=O)[C@H](Cc1ccc(O)c(CO)c1)NC(=O)OCC1c2ccccc2-c2ccccc21.CC(C)(C)OC(=O)N[C@@H](Cc1ccc(O)c(CO)c1)C(=O)O.CC(C)(C)OC(=O)N[C@@H](Cc1ccc(O)cc1)C(=O)O.O=C(N[C@@H](Cc1ccc(O)c(CO)c1)C(=O)O)OCC1c2ccccc2-c2ccccc21.[NH3+][C@@H](Cc1ccc(O)c(CO)c1)C(=O)[O-]. The minimum atomic E-state index is -1.22. The van der Waals surface area contributed by atoms with Gasteiger partial charge in [-0.3, -0.25) is 0 Å². The van der Waals surface area contributed by atoms with Crippen molar-refractivity contribution < 1.29 is 139 Å². The normalized spacial score (nSPS) is 12.8. The molecule has 0 saturated carbocycles. The van der Waals surface area contributed by atoms with Crippen molar-refractivity contribution in [1.82, 2.24) is 21.3 Å². The second kappa shape index (κ2) is 46.1. The number of aliphatic carboxylic acids is 4. The van der Waals surface area contributed by atoms with E-state index < -0.39 is 95.6 Å². The molecular formula is C92H103N5O27. The van der Waals surface area contributed by atoms with Crippen LogP contribution in [0.4, 0.5) is 19.2 Å². The van der Waals surface area contributed by atoms with Gasteiger partial charge in [-0.25, -0.2) is 38.4 Å². The van der Waals surface area contributed by atoms with Crippen LogP contribution in [0.25, 0.3) is 22.3 Å². The number of hydrogen-bond acceptors (Lipinski definition) is 24. The molecule has 0 unspecified atom stereocenters. The van der Waals surface area contributed by atoms with Gasteiger partial charge in [0.05, 0.1) is 32.4 Å². The molecule has 9 aromatic rings. The molecule has 0 aliphatic heterocycles. The van der Waals surface area contributed by atoms with Crippen molar-refractivity contribution in [2.24, 2.45) is 0 Å². The van der Waals surface area contributed by atoms with Gasteiger partial charge in [0.2, 0.25) is 0 Å². The number of amides is 4. The van der Waals surface area contributed by atoms with Crippen molar-refractivity contribution in [2.45, 2.75) is 153 Å². The molecule has 0 saturated heterocycles. The molecule has 4 amide bonds. The molecule has 32 heteroatoms. The predicted octanol–water partition coefficient (Wildman–Crippen LogP) is 8.59. The third kappa shape index (κ3) is 29.7. The number of hydrogen-bond donors (Lipinski definition) is 17. The highest BCUT2D eigenvalue weighted by Crippen LogP contribution is 2.46. The Morgan fingerprint density at radius 1 is 0.395 bits per heavy atom. The first-order chi connectivity index (χ1) is 58.8. The lowest BCUT2D eigenvalue weighted by atomic mass is 9.98. The fourth-order valence-corrected chi connectivity index (χ4v) is 13.0. The molecule has 19 N–H and O–H groups in total. The van der Waals surface area contributed by atoms with Crippen LogP contribution in [0.5, 0.6) is 28.7 Å². The van der Waals surface area contributed by atoms with Gasteiger partial charge in [-0.2, -0.15) is 0 Å². The first kappa shape index (κ1) is 97.1. The molecule has 5 atom stereocenters. The van der Waals surface area contributed by atoms with Crippen molar-refractivity contribution >= 4 is 54.2 Å². The summed E-state index contributed by atoms with van der Waals surface area (Å²) in [7, 11) is 0. The summed E-state index contributed by atoms with van der Waals surface area (Å²) in [6.07, 6.45) is -1.32. The van der Waals surface area contributed by atoms with Crippen LogP contribution in [0.15, 0.2) is 207 Å². The maximum Gasteiger partial charge on any atom is 0.408 e. The number of aromatic hydroxyl groups is 5. The number of benzene rings is 9. The van der Waals surface area contributed by atoms with E-state index in [9.17, 15) is 89.1 Å².